The molecule has 2 aliphatic rings. The molecule has 1 saturated heterocycles. The lowest BCUT2D eigenvalue weighted by Crippen LogP contribution is -2.61. The van der Waals surface area contributed by atoms with Crippen LogP contribution in [-0.4, -0.2) is 52.7 Å². The van der Waals surface area contributed by atoms with Crippen LogP contribution in [0.15, 0.2) is 12.3 Å². The summed E-state index contributed by atoms with van der Waals surface area (Å²) in [6.07, 6.45) is 0.0297. The number of piperazine rings is 1. The van der Waals surface area contributed by atoms with Crippen molar-refractivity contribution >= 4 is 23.5 Å². The molecular weight excluding hydrogens is 255 g/mol. The van der Waals surface area contributed by atoms with E-state index in [2.05, 4.69) is 10.3 Å². The molecule has 1 aromatic rings. The number of carbonyl (C=O) groups excluding carboxylic acids is 1. The highest BCUT2D eigenvalue weighted by Gasteiger charge is 2.39. The number of aromatic nitrogens is 1. The first-order chi connectivity index (χ1) is 9.06. The third kappa shape index (κ3) is 1.85. The minimum absolute atomic E-state index is 0.0830. The average Bonchev–Trinajstić information content (AvgIpc) is 2.38. The number of carboxylic acid groups (broad SMARTS) is 1. The molecule has 1 atom stereocenters. The normalized spacial score (nSPS) is 21.5. The van der Waals surface area contributed by atoms with Crippen molar-refractivity contribution in [3.8, 4) is 0 Å². The number of fused-ring (bicyclic) bond motifs is 3. The molecule has 1 aromatic heterocycles. The van der Waals surface area contributed by atoms with E-state index < -0.39 is 18.0 Å². The predicted molar refractivity (Wildman–Crippen MR) is 63.6 cm³/mol. The van der Waals surface area contributed by atoms with Crippen LogP contribution in [0.4, 0.5) is 20.7 Å². The van der Waals surface area contributed by atoms with Crippen LogP contribution in [0.25, 0.3) is 0 Å². The van der Waals surface area contributed by atoms with E-state index >= 15 is 0 Å². The summed E-state index contributed by atoms with van der Waals surface area (Å²) in [5.41, 5.74) is 0.324. The van der Waals surface area contributed by atoms with Gasteiger partial charge in [0.2, 0.25) is 5.91 Å². The van der Waals surface area contributed by atoms with Crippen LogP contribution in [0.2, 0.25) is 0 Å². The fraction of sp³-hybridized carbons (Fsp3) is 0.364. The van der Waals surface area contributed by atoms with Crippen LogP contribution in [0.5, 0.6) is 0 Å². The van der Waals surface area contributed by atoms with Crippen molar-refractivity contribution in [1.82, 2.24) is 9.88 Å². The molecular formula is C11H11FN4O3. The average molecular weight is 266 g/mol. The number of hydrogen-bond acceptors (Lipinski definition) is 4. The number of pyridine rings is 1. The molecule has 0 saturated carbocycles. The maximum Gasteiger partial charge on any atom is 0.407 e. The van der Waals surface area contributed by atoms with E-state index in [1.165, 1.54) is 11.0 Å². The van der Waals surface area contributed by atoms with Crippen molar-refractivity contribution in [2.24, 2.45) is 0 Å². The number of rotatable bonds is 0. The number of hydrogen-bond donors (Lipinski definition) is 2. The lowest BCUT2D eigenvalue weighted by atomic mass is 10.1. The van der Waals surface area contributed by atoms with Crippen molar-refractivity contribution in [3.05, 3.63) is 18.1 Å². The molecule has 7 nitrogen and oxygen atoms in total. The summed E-state index contributed by atoms with van der Waals surface area (Å²) in [6.45, 7) is 0.729. The molecule has 0 spiro atoms. The number of carbonyl (C=O) groups is 2. The molecule has 3 heterocycles. The van der Waals surface area contributed by atoms with Gasteiger partial charge >= 0.3 is 6.09 Å². The molecule has 2 N–H and O–H groups in total. The topological polar surface area (TPSA) is 85.8 Å². The molecule has 100 valence electrons. The Bertz CT molecular complexity index is 565. The summed E-state index contributed by atoms with van der Waals surface area (Å²) in [6, 6.07) is 0.593. The van der Waals surface area contributed by atoms with Crippen LogP contribution in [0.3, 0.4) is 0 Å². The molecule has 3 rings (SSSR count). The Kier molecular flexibility index (Phi) is 2.51. The van der Waals surface area contributed by atoms with Crippen LogP contribution >= 0.6 is 0 Å². The van der Waals surface area contributed by atoms with E-state index in [9.17, 15) is 14.0 Å². The third-order valence-electron chi connectivity index (χ3n) is 3.32. The van der Waals surface area contributed by atoms with Crippen molar-refractivity contribution in [3.63, 3.8) is 0 Å². The van der Waals surface area contributed by atoms with Gasteiger partial charge in [0.15, 0.2) is 5.82 Å². The molecule has 0 unspecified atom stereocenters. The number of amides is 2. The van der Waals surface area contributed by atoms with Gasteiger partial charge in [-0.2, -0.15) is 0 Å². The van der Waals surface area contributed by atoms with Gasteiger partial charge in [-0.25, -0.2) is 14.2 Å². The summed E-state index contributed by atoms with van der Waals surface area (Å²) in [7, 11) is 0. The molecule has 2 amide bonds. The Morgan fingerprint density at radius 2 is 2.32 bits per heavy atom. The van der Waals surface area contributed by atoms with Crippen molar-refractivity contribution in [2.45, 2.75) is 6.04 Å². The number of anilines is 2. The first-order valence-corrected chi connectivity index (χ1v) is 5.77. The van der Waals surface area contributed by atoms with Gasteiger partial charge in [-0.3, -0.25) is 4.79 Å². The van der Waals surface area contributed by atoms with Gasteiger partial charge in [0.1, 0.15) is 11.9 Å². The van der Waals surface area contributed by atoms with Crippen LogP contribution in [-0.2, 0) is 4.79 Å². The zero-order valence-electron chi connectivity index (χ0n) is 9.84. The van der Waals surface area contributed by atoms with E-state index in [0.29, 0.717) is 18.1 Å². The Hall–Kier alpha value is -2.38. The first-order valence-electron chi connectivity index (χ1n) is 5.77. The van der Waals surface area contributed by atoms with Crippen LogP contribution in [0, 0.1) is 5.82 Å². The molecule has 0 aromatic carbocycles. The summed E-state index contributed by atoms with van der Waals surface area (Å²) in [5, 5.41) is 11.5. The van der Waals surface area contributed by atoms with Gasteiger partial charge in [-0.15, -0.1) is 0 Å². The first kappa shape index (κ1) is 11.7. The summed E-state index contributed by atoms with van der Waals surface area (Å²) in [4.78, 5) is 29.8. The molecule has 2 aliphatic heterocycles. The minimum atomic E-state index is -1.05. The summed E-state index contributed by atoms with van der Waals surface area (Å²) in [5.74, 6) is -0.386. The molecule has 0 bridgehead atoms. The van der Waals surface area contributed by atoms with Crippen molar-refractivity contribution in [1.29, 1.82) is 0 Å². The second-order valence-corrected chi connectivity index (χ2v) is 4.45. The number of nitrogens with one attached hydrogen (secondary N) is 1. The summed E-state index contributed by atoms with van der Waals surface area (Å²) >= 11 is 0. The summed E-state index contributed by atoms with van der Waals surface area (Å²) < 4.78 is 13.1. The maximum absolute atomic E-state index is 13.1. The van der Waals surface area contributed by atoms with Gasteiger partial charge in [0.05, 0.1) is 18.4 Å². The Balaban J connectivity index is 1.94. The predicted octanol–water partition coefficient (Wildman–Crippen LogP) is 0.341. The second kappa shape index (κ2) is 4.08. The fourth-order valence-corrected chi connectivity index (χ4v) is 2.40. The van der Waals surface area contributed by atoms with Gasteiger partial charge in [0, 0.05) is 19.2 Å². The second-order valence-electron chi connectivity index (χ2n) is 4.45. The van der Waals surface area contributed by atoms with Crippen LogP contribution in [0.1, 0.15) is 0 Å². The van der Waals surface area contributed by atoms with Crippen molar-refractivity contribution < 1.29 is 19.1 Å². The largest absolute Gasteiger partial charge is 0.465 e. The van der Waals surface area contributed by atoms with E-state index in [4.69, 9.17) is 5.11 Å². The van der Waals surface area contributed by atoms with Gasteiger partial charge in [-0.05, 0) is 0 Å². The molecule has 1 fully saturated rings. The highest BCUT2D eigenvalue weighted by molar-refractivity contribution is 6.03. The smallest absolute Gasteiger partial charge is 0.407 e. The van der Waals surface area contributed by atoms with Gasteiger partial charge in [-0.1, -0.05) is 0 Å². The highest BCUT2D eigenvalue weighted by Crippen LogP contribution is 2.31. The Morgan fingerprint density at radius 3 is 3.05 bits per heavy atom. The third-order valence-corrected chi connectivity index (χ3v) is 3.32. The van der Waals surface area contributed by atoms with E-state index in [0.717, 1.165) is 6.20 Å². The fourth-order valence-electron chi connectivity index (χ4n) is 2.40. The quantitative estimate of drug-likeness (QED) is 0.707. The Labute approximate surface area is 107 Å². The molecule has 8 heteroatoms. The van der Waals surface area contributed by atoms with Gasteiger partial charge < -0.3 is 20.2 Å². The standard InChI is InChI=1S/C11H11FN4O3/c12-6-3-7-9(13-4-6)16-2-1-15(11(18)19)5-8(16)10(17)14-7/h3-4,8H,1-2,5H2,(H,14,17)(H,18,19)/t8-/m1/s1. The highest BCUT2D eigenvalue weighted by atomic mass is 19.1. The SMILES string of the molecule is O=C1Nc2cc(F)cnc2N2CCN(C(=O)O)C[C@H]12. The molecule has 0 aliphatic carbocycles. The number of nitrogens with zero attached hydrogens (tertiary/aromatic N) is 3. The molecule has 0 radical (unpaired) electrons. The van der Waals surface area contributed by atoms with Gasteiger partial charge in [0.25, 0.3) is 0 Å². The minimum Gasteiger partial charge on any atom is -0.465 e. The van der Waals surface area contributed by atoms with E-state index in [1.54, 1.807) is 4.90 Å². The molecule has 19 heavy (non-hydrogen) atoms. The zero-order valence-corrected chi connectivity index (χ0v) is 9.84. The van der Waals surface area contributed by atoms with E-state index in [-0.39, 0.29) is 19.0 Å². The Morgan fingerprint density at radius 1 is 1.53 bits per heavy atom. The monoisotopic (exact) mass is 266 g/mol. The van der Waals surface area contributed by atoms with Crippen molar-refractivity contribution in [2.75, 3.05) is 29.9 Å². The van der Waals surface area contributed by atoms with E-state index in [1.807, 2.05) is 0 Å². The van der Waals surface area contributed by atoms with Crippen LogP contribution < -0.4 is 10.2 Å². The maximum atomic E-state index is 13.1. The number of halogens is 1. The lowest BCUT2D eigenvalue weighted by Gasteiger charge is -2.43. The zero-order chi connectivity index (χ0) is 13.6. The lowest BCUT2D eigenvalue weighted by molar-refractivity contribution is -0.118.